The van der Waals surface area contributed by atoms with Crippen LogP contribution in [0.25, 0.3) is 22.5 Å². The van der Waals surface area contributed by atoms with Gasteiger partial charge in [-0.05, 0) is 61.1 Å². The molecule has 12 nitrogen and oxygen atoms in total. The maximum atomic E-state index is 11.6. The Hall–Kier alpha value is -4.88. The van der Waals surface area contributed by atoms with Crippen LogP contribution in [0.15, 0.2) is 82.9 Å². The van der Waals surface area contributed by atoms with Crippen LogP contribution in [0.2, 0.25) is 10.0 Å². The second kappa shape index (κ2) is 16.2. The molecule has 0 spiro atoms. The smallest absolute Gasteiger partial charge is 0.251 e. The lowest BCUT2D eigenvalue weighted by molar-refractivity contribution is 0.241. The minimum atomic E-state index is -0.407. The van der Waals surface area contributed by atoms with Gasteiger partial charge in [-0.2, -0.15) is 10.2 Å². The van der Waals surface area contributed by atoms with E-state index in [0.29, 0.717) is 44.2 Å². The van der Waals surface area contributed by atoms with Crippen molar-refractivity contribution in [3.05, 3.63) is 138 Å². The molecule has 0 radical (unpaired) electrons. The molecule has 6 rings (SSSR count). The Morgan fingerprint density at radius 3 is 1.40 bits per heavy atom. The zero-order valence-electron chi connectivity index (χ0n) is 28.1. The first-order valence-electron chi connectivity index (χ1n) is 16.1. The van der Waals surface area contributed by atoms with Gasteiger partial charge in [0.1, 0.15) is 23.7 Å². The monoisotopic (exact) mass is 716 g/mol. The Bertz CT molecular complexity index is 2050. The topological polar surface area (TPSA) is 168 Å². The highest BCUT2D eigenvalue weighted by molar-refractivity contribution is 6.31. The number of benzene rings is 2. The molecule has 50 heavy (non-hydrogen) atoms. The van der Waals surface area contributed by atoms with Gasteiger partial charge in [0.05, 0.1) is 37.0 Å². The molecule has 0 aliphatic rings. The lowest BCUT2D eigenvalue weighted by atomic mass is 10.0. The molecule has 0 saturated carbocycles. The second-order valence-electron chi connectivity index (χ2n) is 11.7. The third kappa shape index (κ3) is 8.45. The highest BCUT2D eigenvalue weighted by atomic mass is 35.5. The molecule has 4 N–H and O–H groups in total. The van der Waals surface area contributed by atoms with E-state index in [2.05, 4.69) is 44.0 Å². The van der Waals surface area contributed by atoms with E-state index in [1.807, 2.05) is 36.4 Å². The number of hydrogen-bond donors (Lipinski definition) is 4. The van der Waals surface area contributed by atoms with Gasteiger partial charge in [-0.25, -0.2) is 9.97 Å². The number of rotatable bonds is 10. The van der Waals surface area contributed by atoms with Crippen molar-refractivity contribution in [3.8, 4) is 22.5 Å². The van der Waals surface area contributed by atoms with Gasteiger partial charge < -0.3 is 20.2 Å². The Labute approximate surface area is 298 Å². The molecule has 4 heterocycles. The molecule has 2 aromatic carbocycles. The van der Waals surface area contributed by atoms with Gasteiger partial charge in [0, 0.05) is 45.7 Å². The van der Waals surface area contributed by atoms with Gasteiger partial charge in [0.2, 0.25) is 0 Å². The fourth-order valence-electron chi connectivity index (χ4n) is 5.51. The maximum Gasteiger partial charge on any atom is 0.251 e. The molecule has 0 amide bonds. The van der Waals surface area contributed by atoms with E-state index in [-0.39, 0.29) is 24.3 Å². The number of H-pyrrole nitrogens is 2. The molecular weight excluding hydrogens is 679 g/mol. The summed E-state index contributed by atoms with van der Waals surface area (Å²) in [5, 5.41) is 29.6. The van der Waals surface area contributed by atoms with Crippen molar-refractivity contribution in [1.29, 1.82) is 0 Å². The van der Waals surface area contributed by atoms with Crippen LogP contribution < -0.4 is 11.1 Å². The van der Waals surface area contributed by atoms with E-state index in [1.54, 1.807) is 48.0 Å². The Balaban J connectivity index is 0.000000194. The zero-order valence-corrected chi connectivity index (χ0v) is 29.6. The van der Waals surface area contributed by atoms with E-state index >= 15 is 0 Å². The minimum absolute atomic E-state index is 0.145. The lowest BCUT2D eigenvalue weighted by Gasteiger charge is -2.17. The number of aryl methyl sites for hydroxylation is 4. The fraction of sp³-hybridized carbons (Fsp3) is 0.278. The van der Waals surface area contributed by atoms with E-state index in [1.165, 1.54) is 12.1 Å². The van der Waals surface area contributed by atoms with Crippen LogP contribution in [-0.4, -0.2) is 62.9 Å². The van der Waals surface area contributed by atoms with Crippen molar-refractivity contribution >= 4 is 23.2 Å². The first-order valence-corrected chi connectivity index (χ1v) is 16.8. The van der Waals surface area contributed by atoms with Crippen LogP contribution in [0.5, 0.6) is 0 Å². The zero-order chi connectivity index (χ0) is 35.9. The van der Waals surface area contributed by atoms with E-state index < -0.39 is 12.1 Å². The molecule has 0 fully saturated rings. The van der Waals surface area contributed by atoms with Crippen molar-refractivity contribution in [2.75, 3.05) is 13.2 Å². The molecule has 0 aliphatic carbocycles. The van der Waals surface area contributed by atoms with Crippen LogP contribution in [0, 0.1) is 13.8 Å². The standard InChI is InChI=1S/2C18H19ClN4O2/c2*1-3-12-4-5-14(15(19)6-12)17(10-24)23-9-13(8-20-23)16-7-18(25)22-11(2)21-16/h2*4-9,17,24H,3,10H2,1-2H3,(H,21,22,25)/t2*17-/m10/s1. The van der Waals surface area contributed by atoms with Crippen LogP contribution in [0.1, 0.15) is 59.8 Å². The largest absolute Gasteiger partial charge is 0.394 e. The number of hydrogen-bond acceptors (Lipinski definition) is 8. The van der Waals surface area contributed by atoms with Crippen molar-refractivity contribution < 1.29 is 10.2 Å². The number of nitrogens with one attached hydrogen (secondary N) is 2. The molecule has 260 valence electrons. The van der Waals surface area contributed by atoms with Crippen molar-refractivity contribution in [2.45, 2.75) is 52.6 Å². The normalized spacial score (nSPS) is 12.3. The maximum absolute atomic E-state index is 11.6. The third-order valence-corrected chi connectivity index (χ3v) is 8.82. The van der Waals surface area contributed by atoms with E-state index in [0.717, 1.165) is 35.1 Å². The van der Waals surface area contributed by atoms with Crippen molar-refractivity contribution in [3.63, 3.8) is 0 Å². The van der Waals surface area contributed by atoms with E-state index in [9.17, 15) is 19.8 Å². The van der Waals surface area contributed by atoms with Crippen LogP contribution in [0.3, 0.4) is 0 Å². The second-order valence-corrected chi connectivity index (χ2v) is 12.5. The summed E-state index contributed by atoms with van der Waals surface area (Å²) in [5.74, 6) is 1.07. The number of aliphatic hydroxyl groups excluding tert-OH is 2. The van der Waals surface area contributed by atoms with E-state index in [4.69, 9.17) is 23.2 Å². The van der Waals surface area contributed by atoms with Crippen LogP contribution in [-0.2, 0) is 12.8 Å². The predicted octanol–water partition coefficient (Wildman–Crippen LogP) is 5.48. The highest BCUT2D eigenvalue weighted by Crippen LogP contribution is 2.30. The third-order valence-electron chi connectivity index (χ3n) is 8.16. The van der Waals surface area contributed by atoms with Gasteiger partial charge in [-0.3, -0.25) is 19.0 Å². The highest BCUT2D eigenvalue weighted by Gasteiger charge is 2.20. The number of aliphatic hydroxyl groups is 2. The molecule has 0 aliphatic heterocycles. The van der Waals surface area contributed by atoms with Gasteiger partial charge in [0.15, 0.2) is 0 Å². The Kier molecular flexibility index (Phi) is 11.8. The molecule has 4 aromatic heterocycles. The number of aromatic amines is 2. The van der Waals surface area contributed by atoms with Gasteiger partial charge in [-0.1, -0.05) is 61.3 Å². The van der Waals surface area contributed by atoms with Gasteiger partial charge in [0.25, 0.3) is 11.1 Å². The molecule has 2 atom stereocenters. The molecule has 0 saturated heterocycles. The molecular formula is C36H38Cl2N8O4. The first-order chi connectivity index (χ1) is 24.0. The Morgan fingerprint density at radius 2 is 1.08 bits per heavy atom. The van der Waals surface area contributed by atoms with Crippen molar-refractivity contribution in [2.24, 2.45) is 0 Å². The summed E-state index contributed by atoms with van der Waals surface area (Å²) in [6, 6.07) is 13.7. The van der Waals surface area contributed by atoms with Crippen molar-refractivity contribution in [1.82, 2.24) is 39.5 Å². The summed E-state index contributed by atoms with van der Waals surface area (Å²) in [4.78, 5) is 37.1. The molecule has 14 heteroatoms. The van der Waals surface area contributed by atoms with Gasteiger partial charge in [-0.15, -0.1) is 0 Å². The summed E-state index contributed by atoms with van der Waals surface area (Å²) in [7, 11) is 0. The van der Waals surface area contributed by atoms with Crippen LogP contribution >= 0.6 is 23.2 Å². The predicted molar refractivity (Wildman–Crippen MR) is 194 cm³/mol. The molecule has 0 bridgehead atoms. The summed E-state index contributed by atoms with van der Waals surface area (Å²) in [6.07, 6.45) is 8.54. The fourth-order valence-corrected chi connectivity index (χ4v) is 6.16. The van der Waals surface area contributed by atoms with Crippen LogP contribution in [0.4, 0.5) is 0 Å². The van der Waals surface area contributed by atoms with Gasteiger partial charge >= 0.3 is 0 Å². The average molecular weight is 718 g/mol. The quantitative estimate of drug-likeness (QED) is 0.145. The Morgan fingerprint density at radius 1 is 0.680 bits per heavy atom. The first kappa shape index (κ1) is 36.4. The summed E-state index contributed by atoms with van der Waals surface area (Å²) in [5.41, 5.74) is 5.91. The lowest BCUT2D eigenvalue weighted by Crippen LogP contribution is -2.16. The number of halogens is 2. The summed E-state index contributed by atoms with van der Waals surface area (Å²) < 4.78 is 3.28. The number of aromatic nitrogens is 8. The summed E-state index contributed by atoms with van der Waals surface area (Å²) in [6.45, 7) is 7.28. The molecule has 6 aromatic rings. The number of nitrogens with zero attached hydrogens (tertiary/aromatic N) is 6. The average Bonchev–Trinajstić information content (AvgIpc) is 3.78. The molecule has 0 unspecified atom stereocenters. The summed E-state index contributed by atoms with van der Waals surface area (Å²) >= 11 is 12.8. The minimum Gasteiger partial charge on any atom is -0.394 e. The SMILES string of the molecule is CCc1ccc([C@@H](CO)n2cc(-c3cc(=O)[nH]c(C)n3)cn2)c(Cl)c1.CCc1ccc([C@H](CO)n2cc(-c3cc(=O)[nH]c(C)n3)cn2)c(Cl)c1.